The van der Waals surface area contributed by atoms with E-state index in [-0.39, 0.29) is 23.4 Å². The van der Waals surface area contributed by atoms with Gasteiger partial charge in [-0.3, -0.25) is 9.59 Å². The molecule has 5 atom stereocenters. The van der Waals surface area contributed by atoms with Gasteiger partial charge in [-0.05, 0) is 53.6 Å². The summed E-state index contributed by atoms with van der Waals surface area (Å²) >= 11 is 6.03. The smallest absolute Gasteiger partial charge is 0.237 e. The number of anilines is 1. The zero-order valence-electron chi connectivity index (χ0n) is 20.9. The lowest BCUT2D eigenvalue weighted by Gasteiger charge is -2.37. The van der Waals surface area contributed by atoms with E-state index in [0.717, 1.165) is 0 Å². The molecule has 2 amide bonds. The number of aliphatic hydroxyl groups excluding tert-OH is 2. The maximum atomic E-state index is 14.9. The first-order valence-electron chi connectivity index (χ1n) is 12.3. The van der Waals surface area contributed by atoms with Gasteiger partial charge in [0.1, 0.15) is 17.0 Å². The minimum absolute atomic E-state index is 0.0819. The highest BCUT2D eigenvalue weighted by atomic mass is 35.5. The van der Waals surface area contributed by atoms with Crippen LogP contribution >= 0.6 is 11.6 Å². The highest BCUT2D eigenvalue weighted by Gasteiger charge is 2.65. The molecule has 37 heavy (non-hydrogen) atoms. The number of hydrogen-bond donors (Lipinski definition) is 5. The summed E-state index contributed by atoms with van der Waals surface area (Å²) < 4.78 is 29.3. The van der Waals surface area contributed by atoms with Crippen LogP contribution in [0, 0.1) is 17.0 Å². The number of benzene rings is 2. The van der Waals surface area contributed by atoms with Gasteiger partial charge in [-0.2, -0.15) is 0 Å². The van der Waals surface area contributed by atoms with Crippen LogP contribution in [0.5, 0.6) is 0 Å². The van der Waals surface area contributed by atoms with E-state index in [1.54, 1.807) is 6.07 Å². The van der Waals surface area contributed by atoms with Crippen molar-refractivity contribution in [1.82, 2.24) is 10.6 Å². The fraction of sp³-hybridized carbons (Fsp3) is 0.481. The minimum Gasteiger partial charge on any atom is -0.394 e. The first-order valence-corrected chi connectivity index (χ1v) is 12.7. The van der Waals surface area contributed by atoms with Gasteiger partial charge in [0.25, 0.3) is 0 Å². The van der Waals surface area contributed by atoms with E-state index >= 15 is 0 Å². The van der Waals surface area contributed by atoms with Crippen molar-refractivity contribution in [3.8, 4) is 0 Å². The summed E-state index contributed by atoms with van der Waals surface area (Å²) in [6.45, 7) is 5.64. The molecule has 0 saturated carbocycles. The van der Waals surface area contributed by atoms with Crippen LogP contribution in [0.25, 0.3) is 0 Å². The fourth-order valence-electron chi connectivity index (χ4n) is 5.70. The van der Waals surface area contributed by atoms with E-state index in [2.05, 4.69) is 16.0 Å². The topological polar surface area (TPSA) is 111 Å². The third-order valence-electron chi connectivity index (χ3n) is 7.18. The average molecular weight is 536 g/mol. The van der Waals surface area contributed by atoms with Crippen LogP contribution in [0.15, 0.2) is 36.4 Å². The lowest BCUT2D eigenvalue weighted by Crippen LogP contribution is -2.49. The lowest BCUT2D eigenvalue weighted by molar-refractivity contribution is -0.124. The number of carbonyl (C=O) groups excluding carboxylic acids is 2. The van der Waals surface area contributed by atoms with Crippen LogP contribution in [-0.2, 0) is 15.0 Å². The van der Waals surface area contributed by atoms with Gasteiger partial charge in [-0.15, -0.1) is 0 Å². The number of amides is 2. The number of carbonyl (C=O) groups is 2. The Labute approximate surface area is 219 Å². The Balaban J connectivity index is 1.89. The summed E-state index contributed by atoms with van der Waals surface area (Å²) in [5.74, 6) is -3.00. The zero-order chi connectivity index (χ0) is 27.1. The normalized spacial score (nSPS) is 25.7. The summed E-state index contributed by atoms with van der Waals surface area (Å²) in [7, 11) is 0. The Morgan fingerprint density at radius 2 is 1.97 bits per heavy atom. The monoisotopic (exact) mass is 535 g/mol. The van der Waals surface area contributed by atoms with Crippen molar-refractivity contribution in [1.29, 1.82) is 0 Å². The molecule has 200 valence electrons. The van der Waals surface area contributed by atoms with Crippen molar-refractivity contribution in [3.05, 3.63) is 64.2 Å². The summed E-state index contributed by atoms with van der Waals surface area (Å²) in [4.78, 5) is 27.5. The van der Waals surface area contributed by atoms with E-state index in [0.29, 0.717) is 23.2 Å². The molecule has 0 radical (unpaired) electrons. The first kappa shape index (κ1) is 27.4. The lowest BCUT2D eigenvalue weighted by atomic mass is 9.62. The molecule has 1 fully saturated rings. The standard InChI is InChI=1S/C27H32ClF2N3O4/c1-26(2,3)12-21-27(17-10-19(30)18(28)11-20(17)32-25(27)37)22(14-5-4-6-15(29)9-14)23(33-21)24(36)31-8-7-16(35)13-34/h4-6,9-11,16,21-23,33-35H,7-8,12-13H2,1-3H3,(H,31,36)(H,32,37)/t16-,21+,22-,23+,27-/m0/s1. The number of nitrogens with one attached hydrogen (secondary N) is 3. The first-order chi connectivity index (χ1) is 17.4. The summed E-state index contributed by atoms with van der Waals surface area (Å²) in [6.07, 6.45) is -0.414. The van der Waals surface area contributed by atoms with Gasteiger partial charge in [-0.25, -0.2) is 8.78 Å². The van der Waals surface area contributed by atoms with Gasteiger partial charge >= 0.3 is 0 Å². The number of rotatable bonds is 7. The Kier molecular flexibility index (Phi) is 7.63. The van der Waals surface area contributed by atoms with Crippen molar-refractivity contribution in [2.45, 2.75) is 63.1 Å². The van der Waals surface area contributed by atoms with Gasteiger partial charge < -0.3 is 26.2 Å². The Bertz CT molecular complexity index is 1200. The predicted molar refractivity (Wildman–Crippen MR) is 136 cm³/mol. The van der Waals surface area contributed by atoms with Crippen LogP contribution < -0.4 is 16.0 Å². The molecular formula is C27H32ClF2N3O4. The van der Waals surface area contributed by atoms with Crippen LogP contribution in [0.4, 0.5) is 14.5 Å². The van der Waals surface area contributed by atoms with Crippen molar-refractivity contribution < 1.29 is 28.6 Å². The maximum Gasteiger partial charge on any atom is 0.237 e. The Hall–Kier alpha value is -2.59. The second-order valence-electron chi connectivity index (χ2n) is 11.0. The van der Waals surface area contributed by atoms with Crippen LogP contribution in [0.1, 0.15) is 50.7 Å². The van der Waals surface area contributed by atoms with E-state index in [1.165, 1.54) is 30.3 Å². The van der Waals surface area contributed by atoms with Crippen LogP contribution in [-0.4, -0.2) is 53.4 Å². The highest BCUT2D eigenvalue weighted by molar-refractivity contribution is 6.31. The quantitative estimate of drug-likeness (QED) is 0.374. The van der Waals surface area contributed by atoms with Crippen molar-refractivity contribution >= 4 is 29.1 Å². The van der Waals surface area contributed by atoms with Crippen molar-refractivity contribution in [2.24, 2.45) is 5.41 Å². The van der Waals surface area contributed by atoms with Crippen LogP contribution in [0.2, 0.25) is 5.02 Å². The number of hydrogen-bond acceptors (Lipinski definition) is 5. The summed E-state index contributed by atoms with van der Waals surface area (Å²) in [5.41, 5.74) is -0.596. The van der Waals surface area contributed by atoms with Crippen LogP contribution in [0.3, 0.4) is 0 Å². The fourth-order valence-corrected chi connectivity index (χ4v) is 5.86. The molecule has 0 aromatic heterocycles. The zero-order valence-corrected chi connectivity index (χ0v) is 21.7. The van der Waals surface area contributed by atoms with Gasteiger partial charge in [0.2, 0.25) is 11.8 Å². The number of halogens is 3. The van der Waals surface area contributed by atoms with E-state index in [1.807, 2.05) is 20.8 Å². The Morgan fingerprint density at radius 1 is 1.24 bits per heavy atom. The third-order valence-corrected chi connectivity index (χ3v) is 7.47. The number of aliphatic hydroxyl groups is 2. The Morgan fingerprint density at radius 3 is 2.62 bits per heavy atom. The minimum atomic E-state index is -1.44. The van der Waals surface area contributed by atoms with E-state index < -0.39 is 59.6 Å². The molecular weight excluding hydrogens is 504 g/mol. The van der Waals surface area contributed by atoms with Crippen molar-refractivity contribution in [2.75, 3.05) is 18.5 Å². The summed E-state index contributed by atoms with van der Waals surface area (Å²) in [6, 6.07) is 6.75. The molecule has 2 aromatic carbocycles. The van der Waals surface area contributed by atoms with E-state index in [9.17, 15) is 23.5 Å². The molecule has 0 aliphatic carbocycles. The van der Waals surface area contributed by atoms with Crippen molar-refractivity contribution in [3.63, 3.8) is 0 Å². The van der Waals surface area contributed by atoms with Gasteiger partial charge in [0.15, 0.2) is 0 Å². The van der Waals surface area contributed by atoms with Gasteiger partial charge in [0.05, 0.1) is 23.8 Å². The van der Waals surface area contributed by atoms with Gasteiger partial charge in [-0.1, -0.05) is 44.5 Å². The molecule has 4 rings (SSSR count). The molecule has 2 aliphatic heterocycles. The molecule has 7 nitrogen and oxygen atoms in total. The molecule has 0 bridgehead atoms. The van der Waals surface area contributed by atoms with E-state index in [4.69, 9.17) is 16.7 Å². The molecule has 2 aromatic rings. The predicted octanol–water partition coefficient (Wildman–Crippen LogP) is 3.23. The highest BCUT2D eigenvalue weighted by Crippen LogP contribution is 2.56. The SMILES string of the molecule is CC(C)(C)C[C@H]1N[C@@H](C(=O)NCC[C@H](O)CO)[C@H](c2cccc(F)c2)[C@@]12C(=O)Nc1cc(Cl)c(F)cc12. The molecule has 1 spiro atoms. The molecule has 0 unspecified atom stereocenters. The second kappa shape index (κ2) is 10.3. The van der Waals surface area contributed by atoms with Gasteiger partial charge in [0, 0.05) is 24.2 Å². The molecule has 5 N–H and O–H groups in total. The summed E-state index contributed by atoms with van der Waals surface area (Å²) in [5, 5.41) is 27.5. The number of fused-ring (bicyclic) bond motifs is 2. The maximum absolute atomic E-state index is 14.9. The average Bonchev–Trinajstić information content (AvgIpc) is 3.28. The molecule has 10 heteroatoms. The second-order valence-corrected chi connectivity index (χ2v) is 11.5. The molecule has 2 aliphatic rings. The molecule has 1 saturated heterocycles. The molecule has 2 heterocycles. The third kappa shape index (κ3) is 5.10. The largest absolute Gasteiger partial charge is 0.394 e.